The van der Waals surface area contributed by atoms with Crippen LogP contribution < -0.4 is 5.32 Å². The van der Waals surface area contributed by atoms with E-state index in [4.69, 9.17) is 11.6 Å². The fourth-order valence-corrected chi connectivity index (χ4v) is 4.99. The van der Waals surface area contributed by atoms with Crippen molar-refractivity contribution in [3.63, 3.8) is 0 Å². The Morgan fingerprint density at radius 2 is 2.16 bits per heavy atom. The summed E-state index contributed by atoms with van der Waals surface area (Å²) in [6.07, 6.45) is 2.83. The van der Waals surface area contributed by atoms with Crippen molar-refractivity contribution in [2.24, 2.45) is 10.9 Å². The summed E-state index contributed by atoms with van der Waals surface area (Å²) in [6, 6.07) is 5.04. The first-order chi connectivity index (χ1) is 11.8. The van der Waals surface area contributed by atoms with E-state index in [1.54, 1.807) is 12.1 Å². The van der Waals surface area contributed by atoms with Gasteiger partial charge >= 0.3 is 0 Å². The molecule has 0 amide bonds. The van der Waals surface area contributed by atoms with Gasteiger partial charge in [0, 0.05) is 36.8 Å². The number of halogens is 2. The number of nitrogens with one attached hydrogen (secondary N) is 1. The van der Waals surface area contributed by atoms with E-state index in [0.717, 1.165) is 12.8 Å². The Kier molecular flexibility index (Phi) is 5.53. The fraction of sp³-hybridized carbons (Fsp3) is 0.588. The zero-order valence-electron chi connectivity index (χ0n) is 14.2. The van der Waals surface area contributed by atoms with Crippen LogP contribution in [0.2, 0.25) is 5.02 Å². The van der Waals surface area contributed by atoms with E-state index in [9.17, 15) is 12.8 Å². The molecule has 1 unspecified atom stereocenters. The number of rotatable bonds is 5. The summed E-state index contributed by atoms with van der Waals surface area (Å²) >= 11 is 6.11. The lowest BCUT2D eigenvalue weighted by Gasteiger charge is -2.23. The lowest BCUT2D eigenvalue weighted by atomic mass is 10.1. The standard InChI is InChI=1S/C17H23ClFN3O2S/c1-22(10-14-15(18)3-2-4-16(14)19)17(21-13-5-6-13)20-9-12-7-8-25(23,24)11-12/h2-4,12-13H,5-11H2,1H3,(H,20,21). The Balaban J connectivity index is 1.70. The lowest BCUT2D eigenvalue weighted by Crippen LogP contribution is -2.40. The second kappa shape index (κ2) is 7.50. The van der Waals surface area contributed by atoms with Gasteiger partial charge in [-0.2, -0.15) is 0 Å². The number of hydrogen-bond acceptors (Lipinski definition) is 3. The quantitative estimate of drug-likeness (QED) is 0.622. The van der Waals surface area contributed by atoms with Crippen LogP contribution in [0.15, 0.2) is 23.2 Å². The minimum atomic E-state index is -2.90. The molecule has 0 aromatic heterocycles. The average Bonchev–Trinajstić information content (AvgIpc) is 3.29. The molecular weight excluding hydrogens is 365 g/mol. The number of aliphatic imine (C=N–C) groups is 1. The third kappa shape index (κ3) is 5.07. The summed E-state index contributed by atoms with van der Waals surface area (Å²) in [6.45, 7) is 0.761. The number of sulfone groups is 1. The molecule has 5 nitrogen and oxygen atoms in total. The van der Waals surface area contributed by atoms with Gasteiger partial charge < -0.3 is 10.2 Å². The maximum Gasteiger partial charge on any atom is 0.194 e. The SMILES string of the molecule is CN(Cc1c(F)cccc1Cl)C(=NCC1CCS(=O)(=O)C1)NC1CC1. The van der Waals surface area contributed by atoms with Crippen molar-refractivity contribution in [1.82, 2.24) is 10.2 Å². The van der Waals surface area contributed by atoms with Gasteiger partial charge in [0.2, 0.25) is 0 Å². The topological polar surface area (TPSA) is 61.8 Å². The van der Waals surface area contributed by atoms with Gasteiger partial charge in [-0.05, 0) is 37.3 Å². The van der Waals surface area contributed by atoms with Crippen LogP contribution in [0.5, 0.6) is 0 Å². The van der Waals surface area contributed by atoms with Gasteiger partial charge in [-0.25, -0.2) is 12.8 Å². The fourth-order valence-electron chi connectivity index (χ4n) is 2.91. The van der Waals surface area contributed by atoms with E-state index in [2.05, 4.69) is 10.3 Å². The van der Waals surface area contributed by atoms with Crippen LogP contribution in [0, 0.1) is 11.7 Å². The molecule has 138 valence electrons. The molecule has 1 heterocycles. The van der Waals surface area contributed by atoms with E-state index in [1.807, 2.05) is 11.9 Å². The second-order valence-corrected chi connectivity index (χ2v) is 9.54. The van der Waals surface area contributed by atoms with Crippen LogP contribution in [0.4, 0.5) is 4.39 Å². The minimum Gasteiger partial charge on any atom is -0.354 e. The molecule has 3 rings (SSSR count). The van der Waals surface area contributed by atoms with Gasteiger partial charge in [0.05, 0.1) is 11.5 Å². The molecule has 0 spiro atoms. The summed E-state index contributed by atoms with van der Waals surface area (Å²) in [7, 11) is -1.07. The Bertz CT molecular complexity index is 745. The Morgan fingerprint density at radius 3 is 2.76 bits per heavy atom. The van der Waals surface area contributed by atoms with Gasteiger partial charge in [-0.15, -0.1) is 0 Å². The predicted molar refractivity (Wildman–Crippen MR) is 98.1 cm³/mol. The van der Waals surface area contributed by atoms with E-state index >= 15 is 0 Å². The highest BCUT2D eigenvalue weighted by molar-refractivity contribution is 7.91. The second-order valence-electron chi connectivity index (χ2n) is 6.91. The molecule has 1 saturated heterocycles. The normalized spacial score (nSPS) is 22.8. The Hall–Kier alpha value is -1.34. The number of guanidine groups is 1. The third-order valence-electron chi connectivity index (χ3n) is 4.56. The minimum absolute atomic E-state index is 0.0615. The molecule has 1 aliphatic heterocycles. The molecule has 1 aromatic rings. The predicted octanol–water partition coefficient (Wildman–Crippen LogP) is 2.45. The first-order valence-electron chi connectivity index (χ1n) is 8.49. The molecule has 1 aliphatic carbocycles. The summed E-state index contributed by atoms with van der Waals surface area (Å²) < 4.78 is 37.2. The molecule has 1 N–H and O–H groups in total. The summed E-state index contributed by atoms with van der Waals surface area (Å²) in [5.74, 6) is 0.847. The monoisotopic (exact) mass is 387 g/mol. The van der Waals surface area contributed by atoms with Gasteiger partial charge in [0.25, 0.3) is 0 Å². The van der Waals surface area contributed by atoms with E-state index in [0.29, 0.717) is 42.1 Å². The van der Waals surface area contributed by atoms with Crippen LogP contribution in [0.25, 0.3) is 0 Å². The highest BCUT2D eigenvalue weighted by Crippen LogP contribution is 2.23. The van der Waals surface area contributed by atoms with Crippen molar-refractivity contribution < 1.29 is 12.8 Å². The maximum atomic E-state index is 14.0. The van der Waals surface area contributed by atoms with Crippen molar-refractivity contribution in [2.75, 3.05) is 25.1 Å². The van der Waals surface area contributed by atoms with Crippen LogP contribution in [-0.2, 0) is 16.4 Å². The van der Waals surface area contributed by atoms with Crippen LogP contribution in [0.3, 0.4) is 0 Å². The highest BCUT2D eigenvalue weighted by Gasteiger charge is 2.29. The highest BCUT2D eigenvalue weighted by atomic mass is 35.5. The Labute approximate surface area is 153 Å². The van der Waals surface area contributed by atoms with Crippen molar-refractivity contribution in [3.05, 3.63) is 34.6 Å². The maximum absolute atomic E-state index is 14.0. The zero-order valence-corrected chi connectivity index (χ0v) is 15.8. The van der Waals surface area contributed by atoms with Crippen molar-refractivity contribution in [1.29, 1.82) is 0 Å². The first kappa shape index (κ1) is 18.5. The molecular formula is C17H23ClFN3O2S. The molecule has 1 aromatic carbocycles. The molecule has 2 fully saturated rings. The smallest absolute Gasteiger partial charge is 0.194 e. The van der Waals surface area contributed by atoms with Crippen LogP contribution >= 0.6 is 11.6 Å². The number of benzene rings is 1. The molecule has 8 heteroatoms. The Morgan fingerprint density at radius 1 is 1.40 bits per heavy atom. The first-order valence-corrected chi connectivity index (χ1v) is 10.7. The molecule has 0 bridgehead atoms. The molecule has 2 aliphatic rings. The van der Waals surface area contributed by atoms with Crippen molar-refractivity contribution >= 4 is 27.4 Å². The summed E-state index contributed by atoms with van der Waals surface area (Å²) in [4.78, 5) is 6.45. The molecule has 0 radical (unpaired) electrons. The molecule has 25 heavy (non-hydrogen) atoms. The van der Waals surface area contributed by atoms with E-state index in [1.165, 1.54) is 6.07 Å². The number of hydrogen-bond donors (Lipinski definition) is 1. The average molecular weight is 388 g/mol. The zero-order chi connectivity index (χ0) is 18.0. The molecule has 1 atom stereocenters. The van der Waals surface area contributed by atoms with Crippen molar-refractivity contribution in [2.45, 2.75) is 31.8 Å². The van der Waals surface area contributed by atoms with Gasteiger partial charge in [0.1, 0.15) is 5.82 Å². The van der Waals surface area contributed by atoms with Gasteiger partial charge in [-0.1, -0.05) is 17.7 Å². The summed E-state index contributed by atoms with van der Waals surface area (Å²) in [5.41, 5.74) is 0.431. The summed E-state index contributed by atoms with van der Waals surface area (Å²) in [5, 5.41) is 3.74. The van der Waals surface area contributed by atoms with Gasteiger partial charge in [-0.3, -0.25) is 4.99 Å². The largest absolute Gasteiger partial charge is 0.354 e. The number of nitrogens with zero attached hydrogens (tertiary/aromatic N) is 2. The third-order valence-corrected chi connectivity index (χ3v) is 6.75. The molecule has 1 saturated carbocycles. The van der Waals surface area contributed by atoms with E-state index < -0.39 is 9.84 Å². The van der Waals surface area contributed by atoms with Crippen LogP contribution in [0.1, 0.15) is 24.8 Å². The van der Waals surface area contributed by atoms with Crippen LogP contribution in [-0.4, -0.2) is 50.4 Å². The van der Waals surface area contributed by atoms with Gasteiger partial charge in [0.15, 0.2) is 15.8 Å². The lowest BCUT2D eigenvalue weighted by molar-refractivity contribution is 0.455. The van der Waals surface area contributed by atoms with Crippen molar-refractivity contribution in [3.8, 4) is 0 Å². The van der Waals surface area contributed by atoms with E-state index in [-0.39, 0.29) is 23.2 Å².